The van der Waals surface area contributed by atoms with Gasteiger partial charge in [-0.2, -0.15) is 0 Å². The van der Waals surface area contributed by atoms with Crippen molar-refractivity contribution in [2.45, 2.75) is 77.6 Å². The summed E-state index contributed by atoms with van der Waals surface area (Å²) in [4.78, 5) is 4.70. The van der Waals surface area contributed by atoms with E-state index < -0.39 is 0 Å². The van der Waals surface area contributed by atoms with Gasteiger partial charge < -0.3 is 13.9 Å². The Labute approximate surface area is 248 Å². The summed E-state index contributed by atoms with van der Waals surface area (Å²) in [7, 11) is 0. The van der Waals surface area contributed by atoms with Crippen LogP contribution in [0.5, 0.6) is 23.1 Å². The van der Waals surface area contributed by atoms with E-state index in [1.54, 1.807) is 6.20 Å². The lowest BCUT2D eigenvalue weighted by molar-refractivity contribution is 0.332. The Balaban J connectivity index is 1.36. The number of para-hydroxylation sites is 2. The summed E-state index contributed by atoms with van der Waals surface area (Å²) in [6.07, 6.45) is 4.14. The lowest BCUT2D eigenvalue weighted by Crippen LogP contribution is -2.57. The maximum absolute atomic E-state index is 6.82. The Morgan fingerprint density at radius 1 is 0.810 bits per heavy atom. The van der Waals surface area contributed by atoms with E-state index in [1.165, 1.54) is 35.1 Å². The molecule has 0 N–H and O–H groups in total. The molecule has 210 valence electrons. The average Bonchev–Trinajstić information content (AvgIpc) is 3.33. The maximum atomic E-state index is 6.82. The standard InChI is InChI=1S/C37H36BNO3/c1-35(2,3)25-12-8-11-23-30(25)41-33-32(23)40-28-16-19-39-34-29(28)38(33)27-13-9-10-22(31(27)42-34)21-14-15-24-26(20-21)37(6,7)18-17-36(24,4)5/h8-16,19-20H,17-18H2,1-7H3. The largest absolute Gasteiger partial charge is 0.466 e. The molecule has 2 aliphatic heterocycles. The minimum absolute atomic E-state index is 0.0743. The number of aromatic nitrogens is 1. The highest BCUT2D eigenvalue weighted by atomic mass is 16.5. The van der Waals surface area contributed by atoms with Crippen LogP contribution in [0.4, 0.5) is 0 Å². The van der Waals surface area contributed by atoms with Gasteiger partial charge in [0.2, 0.25) is 5.88 Å². The summed E-state index contributed by atoms with van der Waals surface area (Å²) in [5.74, 6) is 2.99. The number of furan rings is 1. The first-order valence-corrected chi connectivity index (χ1v) is 15.1. The Kier molecular flexibility index (Phi) is 5.08. The van der Waals surface area contributed by atoms with Crippen molar-refractivity contribution in [3.05, 3.63) is 83.6 Å². The summed E-state index contributed by atoms with van der Waals surface area (Å²) in [5, 5.41) is 1.00. The molecular formula is C37H36BNO3. The molecule has 0 bridgehead atoms. The summed E-state index contributed by atoms with van der Waals surface area (Å²) >= 11 is 0. The second-order valence-corrected chi connectivity index (χ2v) is 14.6. The first kappa shape index (κ1) is 25.7. The quantitative estimate of drug-likeness (QED) is 0.194. The molecule has 3 aromatic carbocycles. The molecule has 0 atom stereocenters. The Morgan fingerprint density at radius 3 is 2.36 bits per heavy atom. The molecule has 0 unspecified atom stereocenters. The van der Waals surface area contributed by atoms with Crippen LogP contribution in [0.1, 0.15) is 78.0 Å². The summed E-state index contributed by atoms with van der Waals surface area (Å²) in [6, 6.07) is 21.8. The van der Waals surface area contributed by atoms with E-state index in [9.17, 15) is 0 Å². The minimum atomic E-state index is -0.177. The Morgan fingerprint density at radius 2 is 1.57 bits per heavy atom. The van der Waals surface area contributed by atoms with Gasteiger partial charge in [-0.15, -0.1) is 0 Å². The van der Waals surface area contributed by atoms with Crippen LogP contribution < -0.4 is 26.1 Å². The van der Waals surface area contributed by atoms with Gasteiger partial charge in [0.25, 0.3) is 0 Å². The zero-order valence-electron chi connectivity index (χ0n) is 25.5. The van der Waals surface area contributed by atoms with Gasteiger partial charge >= 0.3 is 6.71 Å². The molecule has 0 spiro atoms. The van der Waals surface area contributed by atoms with E-state index in [-0.39, 0.29) is 23.0 Å². The number of nitrogens with zero attached hydrogens (tertiary/aromatic N) is 1. The van der Waals surface area contributed by atoms with Crippen molar-refractivity contribution in [2.75, 3.05) is 0 Å². The highest BCUT2D eigenvalue weighted by Crippen LogP contribution is 2.48. The number of pyridine rings is 1. The smallest absolute Gasteiger partial charge is 0.307 e. The number of hydrogen-bond acceptors (Lipinski definition) is 4. The minimum Gasteiger partial charge on any atom is -0.466 e. The molecule has 0 fully saturated rings. The number of ether oxygens (including phenoxy) is 2. The van der Waals surface area contributed by atoms with Crippen molar-refractivity contribution in [3.8, 4) is 34.3 Å². The number of rotatable bonds is 1. The molecule has 5 aromatic rings. The van der Waals surface area contributed by atoms with E-state index in [0.717, 1.165) is 50.4 Å². The number of benzene rings is 3. The van der Waals surface area contributed by atoms with Crippen LogP contribution in [0.15, 0.2) is 71.3 Å². The van der Waals surface area contributed by atoms with Crippen LogP contribution in [0.2, 0.25) is 0 Å². The molecule has 0 saturated heterocycles. The summed E-state index contributed by atoms with van der Waals surface area (Å²) in [6.45, 7) is 16.0. The zero-order chi connectivity index (χ0) is 29.2. The molecule has 0 saturated carbocycles. The van der Waals surface area contributed by atoms with Gasteiger partial charge in [-0.1, -0.05) is 97.0 Å². The maximum Gasteiger partial charge on any atom is 0.307 e. The molecule has 5 heteroatoms. The monoisotopic (exact) mass is 553 g/mol. The average molecular weight is 554 g/mol. The van der Waals surface area contributed by atoms with E-state index in [1.807, 2.05) is 6.07 Å². The van der Waals surface area contributed by atoms with Crippen LogP contribution >= 0.6 is 0 Å². The lowest BCUT2D eigenvalue weighted by atomic mass is 9.37. The highest BCUT2D eigenvalue weighted by molar-refractivity contribution is 6.97. The fourth-order valence-corrected chi connectivity index (χ4v) is 7.39. The summed E-state index contributed by atoms with van der Waals surface area (Å²) in [5.41, 5.74) is 10.2. The molecule has 0 amide bonds. The van der Waals surface area contributed by atoms with Gasteiger partial charge in [0.15, 0.2) is 5.75 Å². The van der Waals surface area contributed by atoms with Gasteiger partial charge in [-0.25, -0.2) is 4.98 Å². The van der Waals surface area contributed by atoms with Gasteiger partial charge in [0, 0.05) is 22.8 Å². The van der Waals surface area contributed by atoms with Crippen molar-refractivity contribution >= 4 is 34.3 Å². The highest BCUT2D eigenvalue weighted by Gasteiger charge is 2.46. The van der Waals surface area contributed by atoms with Crippen molar-refractivity contribution in [1.29, 1.82) is 0 Å². The lowest BCUT2D eigenvalue weighted by Gasteiger charge is -2.42. The SMILES string of the molecule is CC(C)(C)c1cccc2c3c(oc12)B1c2cccc(-c4ccc5c(c4)C(C)(C)CCC5(C)C)c2Oc2nccc(c21)O3. The molecule has 4 heterocycles. The van der Waals surface area contributed by atoms with Crippen molar-refractivity contribution in [3.63, 3.8) is 0 Å². The van der Waals surface area contributed by atoms with Crippen LogP contribution in [-0.2, 0) is 16.2 Å². The van der Waals surface area contributed by atoms with Crippen molar-refractivity contribution in [2.24, 2.45) is 0 Å². The van der Waals surface area contributed by atoms with E-state index >= 15 is 0 Å². The van der Waals surface area contributed by atoms with Crippen molar-refractivity contribution < 1.29 is 13.9 Å². The Hall–Kier alpha value is -3.99. The van der Waals surface area contributed by atoms with Crippen LogP contribution in [0.3, 0.4) is 0 Å². The topological polar surface area (TPSA) is 44.5 Å². The summed E-state index contributed by atoms with van der Waals surface area (Å²) < 4.78 is 20.1. The van der Waals surface area contributed by atoms with E-state index in [2.05, 4.69) is 103 Å². The Bertz CT molecular complexity index is 1940. The van der Waals surface area contributed by atoms with Gasteiger partial charge in [0.05, 0.1) is 5.39 Å². The molecule has 0 radical (unpaired) electrons. The molecule has 3 aliphatic rings. The van der Waals surface area contributed by atoms with E-state index in [4.69, 9.17) is 18.9 Å². The third kappa shape index (κ3) is 3.52. The van der Waals surface area contributed by atoms with Crippen molar-refractivity contribution in [1.82, 2.24) is 4.98 Å². The first-order valence-electron chi connectivity index (χ1n) is 15.1. The molecule has 4 nitrogen and oxygen atoms in total. The number of fused-ring (bicyclic) bond motifs is 7. The van der Waals surface area contributed by atoms with Crippen LogP contribution in [0.25, 0.3) is 22.1 Å². The first-order chi connectivity index (χ1) is 19.9. The second kappa shape index (κ2) is 8.31. The molecular weight excluding hydrogens is 517 g/mol. The predicted octanol–water partition coefficient (Wildman–Crippen LogP) is 7.87. The molecule has 1 aliphatic carbocycles. The molecule has 8 rings (SSSR count). The fourth-order valence-electron chi connectivity index (χ4n) is 7.39. The second-order valence-electron chi connectivity index (χ2n) is 14.6. The third-order valence-electron chi connectivity index (χ3n) is 9.90. The third-order valence-corrected chi connectivity index (χ3v) is 9.90. The molecule has 2 aromatic heterocycles. The van der Waals surface area contributed by atoms with Gasteiger partial charge in [-0.05, 0) is 63.4 Å². The zero-order valence-corrected chi connectivity index (χ0v) is 25.5. The van der Waals surface area contributed by atoms with Crippen LogP contribution in [0, 0.1) is 0 Å². The fraction of sp³-hybridized carbons (Fsp3) is 0.324. The normalized spacial score (nSPS) is 17.5. The predicted molar refractivity (Wildman–Crippen MR) is 171 cm³/mol. The van der Waals surface area contributed by atoms with Gasteiger partial charge in [-0.3, -0.25) is 0 Å². The molecule has 42 heavy (non-hydrogen) atoms. The number of hydrogen-bond donors (Lipinski definition) is 0. The van der Waals surface area contributed by atoms with E-state index in [0.29, 0.717) is 5.88 Å². The van der Waals surface area contributed by atoms with Crippen LogP contribution in [-0.4, -0.2) is 11.7 Å². The van der Waals surface area contributed by atoms with Gasteiger partial charge in [0.1, 0.15) is 22.7 Å².